The lowest BCUT2D eigenvalue weighted by molar-refractivity contribution is 0.00626. The lowest BCUT2D eigenvalue weighted by atomic mass is 10.1. The van der Waals surface area contributed by atoms with E-state index in [2.05, 4.69) is 46.0 Å². The molecule has 1 fully saturated rings. The van der Waals surface area contributed by atoms with E-state index in [-0.39, 0.29) is 12.1 Å². The minimum Gasteiger partial charge on any atom is -0.390 e. The Morgan fingerprint density at radius 3 is 2.60 bits per heavy atom. The quantitative estimate of drug-likeness (QED) is 0.806. The van der Waals surface area contributed by atoms with Crippen LogP contribution in [0.5, 0.6) is 0 Å². The van der Waals surface area contributed by atoms with E-state index in [0.717, 1.165) is 32.0 Å². The standard InChI is InChI=1S/C18H27N5O2/c1-15(16-3-5-17(6-4-16)23-14-19-13-20-23)21(2)11-18(24)12-22-7-9-25-10-8-22/h3-6,13-15,18,24H,7-12H2,1-2H3. The van der Waals surface area contributed by atoms with Gasteiger partial charge in [-0.2, -0.15) is 5.10 Å². The second-order valence-electron chi connectivity index (χ2n) is 6.61. The van der Waals surface area contributed by atoms with Crippen LogP contribution in [0.15, 0.2) is 36.9 Å². The molecule has 0 radical (unpaired) electrons. The minimum atomic E-state index is -0.361. The summed E-state index contributed by atoms with van der Waals surface area (Å²) < 4.78 is 7.09. The number of rotatable bonds is 7. The maximum atomic E-state index is 10.4. The Morgan fingerprint density at radius 1 is 1.24 bits per heavy atom. The summed E-state index contributed by atoms with van der Waals surface area (Å²) in [6, 6.07) is 8.51. The molecule has 1 aromatic carbocycles. The number of aromatic nitrogens is 3. The molecule has 1 N–H and O–H groups in total. The summed E-state index contributed by atoms with van der Waals surface area (Å²) in [7, 11) is 2.05. The summed E-state index contributed by atoms with van der Waals surface area (Å²) in [5.74, 6) is 0. The Bertz CT molecular complexity index is 625. The molecule has 1 aromatic heterocycles. The van der Waals surface area contributed by atoms with Gasteiger partial charge >= 0.3 is 0 Å². The molecule has 0 bridgehead atoms. The Labute approximate surface area is 148 Å². The Hall–Kier alpha value is -1.80. The Morgan fingerprint density at radius 2 is 1.96 bits per heavy atom. The molecule has 1 saturated heterocycles. The third-order valence-corrected chi connectivity index (χ3v) is 4.79. The number of ether oxygens (including phenoxy) is 1. The number of aliphatic hydroxyl groups is 1. The maximum absolute atomic E-state index is 10.4. The van der Waals surface area contributed by atoms with Crippen LogP contribution in [-0.4, -0.2) is 82.2 Å². The fourth-order valence-electron chi connectivity index (χ4n) is 3.13. The zero-order chi connectivity index (χ0) is 17.6. The second-order valence-corrected chi connectivity index (χ2v) is 6.61. The van der Waals surface area contributed by atoms with E-state index in [1.807, 2.05) is 12.1 Å². The van der Waals surface area contributed by atoms with E-state index in [9.17, 15) is 5.11 Å². The van der Waals surface area contributed by atoms with Crippen LogP contribution in [0.4, 0.5) is 0 Å². The van der Waals surface area contributed by atoms with Crippen molar-refractivity contribution < 1.29 is 9.84 Å². The lowest BCUT2D eigenvalue weighted by Crippen LogP contribution is -2.44. The molecule has 2 aromatic rings. The summed E-state index contributed by atoms with van der Waals surface area (Å²) in [6.07, 6.45) is 2.85. The minimum absolute atomic E-state index is 0.226. The Kier molecular flexibility index (Phi) is 6.14. The van der Waals surface area contributed by atoms with Gasteiger partial charge in [0.1, 0.15) is 12.7 Å². The van der Waals surface area contributed by atoms with Gasteiger partial charge in [-0.15, -0.1) is 0 Å². The van der Waals surface area contributed by atoms with Gasteiger partial charge in [0.25, 0.3) is 0 Å². The van der Waals surface area contributed by atoms with Gasteiger partial charge in [0.15, 0.2) is 0 Å². The van der Waals surface area contributed by atoms with Gasteiger partial charge in [-0.3, -0.25) is 9.80 Å². The van der Waals surface area contributed by atoms with Crippen LogP contribution in [0.3, 0.4) is 0 Å². The zero-order valence-electron chi connectivity index (χ0n) is 15.0. The fraction of sp³-hybridized carbons (Fsp3) is 0.556. The van der Waals surface area contributed by atoms with Crippen LogP contribution in [0.25, 0.3) is 5.69 Å². The summed E-state index contributed by atoms with van der Waals surface area (Å²) in [5, 5.41) is 14.5. The first-order chi connectivity index (χ1) is 12.1. The van der Waals surface area contributed by atoms with Gasteiger partial charge in [-0.05, 0) is 31.7 Å². The third kappa shape index (κ3) is 4.85. The molecule has 1 aliphatic heterocycles. The molecule has 7 nitrogen and oxygen atoms in total. The molecule has 1 aliphatic rings. The lowest BCUT2D eigenvalue weighted by Gasteiger charge is -2.32. The van der Waals surface area contributed by atoms with Crippen molar-refractivity contribution in [3.63, 3.8) is 0 Å². The molecular formula is C18H27N5O2. The summed E-state index contributed by atoms with van der Waals surface area (Å²) in [4.78, 5) is 8.42. The molecule has 3 rings (SSSR count). The first-order valence-corrected chi connectivity index (χ1v) is 8.77. The van der Waals surface area contributed by atoms with Crippen molar-refractivity contribution in [1.29, 1.82) is 0 Å². The van der Waals surface area contributed by atoms with Crippen LogP contribution in [0.2, 0.25) is 0 Å². The Balaban J connectivity index is 1.53. The highest BCUT2D eigenvalue weighted by atomic mass is 16.5. The molecule has 0 aliphatic carbocycles. The average molecular weight is 345 g/mol. The number of hydrogen-bond donors (Lipinski definition) is 1. The molecule has 0 amide bonds. The van der Waals surface area contributed by atoms with Crippen molar-refractivity contribution in [2.75, 3.05) is 46.4 Å². The topological polar surface area (TPSA) is 66.7 Å². The van der Waals surface area contributed by atoms with Gasteiger partial charge in [-0.1, -0.05) is 12.1 Å². The molecule has 2 unspecified atom stereocenters. The van der Waals surface area contributed by atoms with E-state index >= 15 is 0 Å². The first-order valence-electron chi connectivity index (χ1n) is 8.77. The fourth-order valence-corrected chi connectivity index (χ4v) is 3.13. The van der Waals surface area contributed by atoms with E-state index < -0.39 is 0 Å². The normalized spacial score (nSPS) is 18.4. The van der Waals surface area contributed by atoms with Gasteiger partial charge in [0, 0.05) is 32.2 Å². The van der Waals surface area contributed by atoms with E-state index in [0.29, 0.717) is 13.1 Å². The van der Waals surface area contributed by atoms with Crippen molar-refractivity contribution in [3.8, 4) is 5.69 Å². The largest absolute Gasteiger partial charge is 0.390 e. The van der Waals surface area contributed by atoms with Crippen LogP contribution >= 0.6 is 0 Å². The molecular weight excluding hydrogens is 318 g/mol. The van der Waals surface area contributed by atoms with Crippen LogP contribution in [0.1, 0.15) is 18.5 Å². The number of benzene rings is 1. The number of nitrogens with zero attached hydrogens (tertiary/aromatic N) is 5. The SMILES string of the molecule is CC(c1ccc(-n2cncn2)cc1)N(C)CC(O)CN1CCOCC1. The van der Waals surface area contributed by atoms with Crippen molar-refractivity contribution in [3.05, 3.63) is 42.5 Å². The second kappa shape index (κ2) is 8.53. The van der Waals surface area contributed by atoms with Gasteiger partial charge < -0.3 is 9.84 Å². The van der Waals surface area contributed by atoms with Crippen molar-refractivity contribution in [2.24, 2.45) is 0 Å². The highest BCUT2D eigenvalue weighted by Crippen LogP contribution is 2.20. The van der Waals surface area contributed by atoms with Crippen molar-refractivity contribution in [2.45, 2.75) is 19.1 Å². The number of likely N-dealkylation sites (N-methyl/N-ethyl adjacent to an activating group) is 1. The molecule has 136 valence electrons. The molecule has 25 heavy (non-hydrogen) atoms. The van der Waals surface area contributed by atoms with Gasteiger partial charge in [0.2, 0.25) is 0 Å². The van der Waals surface area contributed by atoms with Gasteiger partial charge in [0.05, 0.1) is 25.0 Å². The van der Waals surface area contributed by atoms with E-state index in [1.165, 1.54) is 11.9 Å². The van der Waals surface area contributed by atoms with Crippen LogP contribution in [0, 0.1) is 0 Å². The highest BCUT2D eigenvalue weighted by molar-refractivity contribution is 5.34. The molecule has 2 atom stereocenters. The number of morpholine rings is 1. The summed E-state index contributed by atoms with van der Waals surface area (Å²) in [5.41, 5.74) is 2.20. The van der Waals surface area contributed by atoms with E-state index in [1.54, 1.807) is 11.0 Å². The number of aliphatic hydroxyl groups excluding tert-OH is 1. The summed E-state index contributed by atoms with van der Waals surface area (Å²) >= 11 is 0. The van der Waals surface area contributed by atoms with Gasteiger partial charge in [-0.25, -0.2) is 9.67 Å². The smallest absolute Gasteiger partial charge is 0.138 e. The first kappa shape index (κ1) is 18.0. The maximum Gasteiger partial charge on any atom is 0.138 e. The van der Waals surface area contributed by atoms with Crippen molar-refractivity contribution >= 4 is 0 Å². The molecule has 0 spiro atoms. The average Bonchev–Trinajstić information content (AvgIpc) is 3.16. The van der Waals surface area contributed by atoms with Crippen LogP contribution in [-0.2, 0) is 4.74 Å². The van der Waals surface area contributed by atoms with Crippen molar-refractivity contribution in [1.82, 2.24) is 24.6 Å². The van der Waals surface area contributed by atoms with E-state index in [4.69, 9.17) is 4.74 Å². The zero-order valence-corrected chi connectivity index (χ0v) is 15.0. The monoisotopic (exact) mass is 345 g/mol. The number of β-amino-alcohol motifs (C(OH)–C–C–N with tert-alkyl or cyclic N) is 1. The molecule has 7 heteroatoms. The number of hydrogen-bond acceptors (Lipinski definition) is 6. The predicted molar refractivity (Wildman–Crippen MR) is 95.7 cm³/mol. The summed E-state index contributed by atoms with van der Waals surface area (Å²) in [6.45, 7) is 6.83. The highest BCUT2D eigenvalue weighted by Gasteiger charge is 2.19. The third-order valence-electron chi connectivity index (χ3n) is 4.79. The van der Waals surface area contributed by atoms with Crippen LogP contribution < -0.4 is 0 Å². The molecule has 2 heterocycles. The predicted octanol–water partition coefficient (Wildman–Crippen LogP) is 0.953. The molecule has 0 saturated carbocycles.